The lowest BCUT2D eigenvalue weighted by Crippen LogP contribution is -2.19. The zero-order valence-corrected chi connectivity index (χ0v) is 13.1. The molecule has 0 radical (unpaired) electrons. The van der Waals surface area contributed by atoms with E-state index in [1.54, 1.807) is 11.8 Å². The third-order valence-electron chi connectivity index (χ3n) is 3.25. The number of anilines is 1. The molecule has 0 bridgehead atoms. The van der Waals surface area contributed by atoms with Gasteiger partial charge in [-0.1, -0.05) is 49.0 Å². The van der Waals surface area contributed by atoms with Crippen LogP contribution in [0.4, 0.5) is 5.69 Å². The van der Waals surface area contributed by atoms with Gasteiger partial charge in [-0.25, -0.2) is 4.98 Å². The summed E-state index contributed by atoms with van der Waals surface area (Å²) in [5.41, 5.74) is 2.72. The third kappa shape index (κ3) is 3.14. The first-order valence-electron chi connectivity index (χ1n) is 7.21. The Morgan fingerprint density at radius 3 is 2.64 bits per heavy atom. The second-order valence-electron chi connectivity index (χ2n) is 4.82. The van der Waals surface area contributed by atoms with E-state index in [2.05, 4.69) is 17.2 Å². The molecule has 1 N–H and O–H groups in total. The van der Waals surface area contributed by atoms with Gasteiger partial charge in [-0.3, -0.25) is 4.79 Å². The van der Waals surface area contributed by atoms with Crippen LogP contribution in [0, 0.1) is 0 Å². The molecular weight excluding hydrogens is 294 g/mol. The molecule has 0 aliphatic rings. The smallest absolute Gasteiger partial charge is 0.244 e. The number of benzene rings is 2. The fraction of sp³-hybridized carbons (Fsp3) is 0.176. The molecule has 0 aliphatic carbocycles. The van der Waals surface area contributed by atoms with E-state index < -0.39 is 0 Å². The molecule has 4 nitrogen and oxygen atoms in total. The molecule has 0 fully saturated rings. The Hall–Kier alpha value is -2.27. The monoisotopic (exact) mass is 311 g/mol. The summed E-state index contributed by atoms with van der Waals surface area (Å²) in [6.07, 6.45) is 0. The lowest BCUT2D eigenvalue weighted by Gasteiger charge is -2.09. The molecule has 0 saturated carbocycles. The van der Waals surface area contributed by atoms with Gasteiger partial charge in [0.1, 0.15) is 6.54 Å². The number of fused-ring (bicyclic) bond motifs is 1. The summed E-state index contributed by atoms with van der Waals surface area (Å²) in [5, 5.41) is 3.80. The Bertz CT molecular complexity index is 783. The van der Waals surface area contributed by atoms with Gasteiger partial charge in [-0.15, -0.1) is 0 Å². The molecular formula is C17H17N3OS. The van der Waals surface area contributed by atoms with Crippen molar-refractivity contribution in [3.8, 4) is 0 Å². The van der Waals surface area contributed by atoms with Gasteiger partial charge in [0.15, 0.2) is 5.16 Å². The highest BCUT2D eigenvalue weighted by Gasteiger charge is 2.13. The molecule has 1 aromatic heterocycles. The average molecular weight is 311 g/mol. The normalized spacial score (nSPS) is 10.8. The quantitative estimate of drug-likeness (QED) is 0.729. The van der Waals surface area contributed by atoms with Crippen LogP contribution < -0.4 is 5.32 Å². The maximum Gasteiger partial charge on any atom is 0.244 e. The predicted molar refractivity (Wildman–Crippen MR) is 91.2 cm³/mol. The van der Waals surface area contributed by atoms with E-state index in [4.69, 9.17) is 0 Å². The maximum absolute atomic E-state index is 12.3. The van der Waals surface area contributed by atoms with Crippen molar-refractivity contribution >= 4 is 34.4 Å². The molecule has 1 amide bonds. The largest absolute Gasteiger partial charge is 0.325 e. The minimum Gasteiger partial charge on any atom is -0.325 e. The number of imidazole rings is 1. The number of nitrogens with zero attached hydrogens (tertiary/aromatic N) is 2. The second kappa shape index (κ2) is 6.66. The standard InChI is InChI=1S/C17H17N3OS/c1-2-22-17-19-14-10-6-7-11-15(14)20(17)12-16(21)18-13-8-4-3-5-9-13/h3-11H,2,12H2,1H3,(H,18,21). The number of amides is 1. The summed E-state index contributed by atoms with van der Waals surface area (Å²) in [4.78, 5) is 16.9. The number of hydrogen-bond donors (Lipinski definition) is 1. The van der Waals surface area contributed by atoms with E-state index in [-0.39, 0.29) is 12.5 Å². The van der Waals surface area contributed by atoms with Crippen molar-refractivity contribution in [3.05, 3.63) is 54.6 Å². The van der Waals surface area contributed by atoms with Gasteiger partial charge < -0.3 is 9.88 Å². The molecule has 112 valence electrons. The van der Waals surface area contributed by atoms with E-state index in [1.807, 2.05) is 59.2 Å². The predicted octanol–water partition coefficient (Wildman–Crippen LogP) is 3.79. The van der Waals surface area contributed by atoms with E-state index in [0.717, 1.165) is 27.6 Å². The Balaban J connectivity index is 1.86. The minimum absolute atomic E-state index is 0.0488. The number of rotatable bonds is 5. The number of thioether (sulfide) groups is 1. The van der Waals surface area contributed by atoms with Crippen molar-refractivity contribution in [3.63, 3.8) is 0 Å². The van der Waals surface area contributed by atoms with E-state index in [9.17, 15) is 4.79 Å². The van der Waals surface area contributed by atoms with Crippen LogP contribution in [0.2, 0.25) is 0 Å². The molecule has 22 heavy (non-hydrogen) atoms. The lowest BCUT2D eigenvalue weighted by molar-refractivity contribution is -0.116. The van der Waals surface area contributed by atoms with E-state index >= 15 is 0 Å². The summed E-state index contributed by atoms with van der Waals surface area (Å²) in [6, 6.07) is 17.4. The summed E-state index contributed by atoms with van der Waals surface area (Å²) in [6.45, 7) is 2.34. The first-order chi connectivity index (χ1) is 10.8. The highest BCUT2D eigenvalue weighted by atomic mass is 32.2. The van der Waals surface area contributed by atoms with Crippen molar-refractivity contribution < 1.29 is 4.79 Å². The van der Waals surface area contributed by atoms with E-state index in [1.165, 1.54) is 0 Å². The maximum atomic E-state index is 12.3. The van der Waals surface area contributed by atoms with Crippen LogP contribution in [0.5, 0.6) is 0 Å². The van der Waals surface area contributed by atoms with Gasteiger partial charge in [0.25, 0.3) is 0 Å². The Kier molecular flexibility index (Phi) is 4.44. The van der Waals surface area contributed by atoms with Crippen LogP contribution in [0.1, 0.15) is 6.92 Å². The number of aromatic nitrogens is 2. The molecule has 0 unspecified atom stereocenters. The van der Waals surface area contributed by atoms with Crippen LogP contribution in [0.25, 0.3) is 11.0 Å². The third-order valence-corrected chi connectivity index (χ3v) is 4.11. The van der Waals surface area contributed by atoms with Gasteiger partial charge in [0.2, 0.25) is 5.91 Å². The zero-order valence-electron chi connectivity index (χ0n) is 12.3. The zero-order chi connectivity index (χ0) is 15.4. The van der Waals surface area contributed by atoms with Crippen molar-refractivity contribution in [1.29, 1.82) is 0 Å². The highest BCUT2D eigenvalue weighted by molar-refractivity contribution is 7.99. The minimum atomic E-state index is -0.0488. The molecule has 0 spiro atoms. The van der Waals surface area contributed by atoms with Crippen LogP contribution in [-0.4, -0.2) is 21.2 Å². The highest BCUT2D eigenvalue weighted by Crippen LogP contribution is 2.23. The number of nitrogens with one attached hydrogen (secondary N) is 1. The summed E-state index contributed by atoms with van der Waals surface area (Å²) in [5.74, 6) is 0.871. The van der Waals surface area contributed by atoms with Crippen LogP contribution in [0.15, 0.2) is 59.8 Å². The van der Waals surface area contributed by atoms with Gasteiger partial charge in [0.05, 0.1) is 11.0 Å². The Morgan fingerprint density at radius 2 is 1.86 bits per heavy atom. The van der Waals surface area contributed by atoms with Gasteiger partial charge in [0, 0.05) is 5.69 Å². The number of carbonyl (C=O) groups excluding carboxylic acids is 1. The summed E-state index contributed by atoms with van der Waals surface area (Å²) >= 11 is 1.65. The first-order valence-corrected chi connectivity index (χ1v) is 8.19. The van der Waals surface area contributed by atoms with Crippen molar-refractivity contribution in [1.82, 2.24) is 9.55 Å². The molecule has 0 aliphatic heterocycles. The van der Waals surface area contributed by atoms with Gasteiger partial charge in [-0.05, 0) is 30.0 Å². The SMILES string of the molecule is CCSc1nc2ccccc2n1CC(=O)Nc1ccccc1. The Labute approximate surface area is 133 Å². The van der Waals surface area contributed by atoms with E-state index in [0.29, 0.717) is 0 Å². The van der Waals surface area contributed by atoms with Crippen molar-refractivity contribution in [2.24, 2.45) is 0 Å². The van der Waals surface area contributed by atoms with Gasteiger partial charge in [-0.2, -0.15) is 0 Å². The molecule has 5 heteroatoms. The van der Waals surface area contributed by atoms with Crippen LogP contribution in [0.3, 0.4) is 0 Å². The topological polar surface area (TPSA) is 46.9 Å². The molecule has 0 atom stereocenters. The number of hydrogen-bond acceptors (Lipinski definition) is 3. The number of carbonyl (C=O) groups is 1. The fourth-order valence-corrected chi connectivity index (χ4v) is 3.05. The van der Waals surface area contributed by atoms with Crippen molar-refractivity contribution in [2.75, 3.05) is 11.1 Å². The van der Waals surface area contributed by atoms with Crippen LogP contribution >= 0.6 is 11.8 Å². The summed E-state index contributed by atoms with van der Waals surface area (Å²) in [7, 11) is 0. The molecule has 3 aromatic rings. The second-order valence-corrected chi connectivity index (χ2v) is 6.05. The van der Waals surface area contributed by atoms with Crippen molar-refractivity contribution in [2.45, 2.75) is 18.6 Å². The average Bonchev–Trinajstić information content (AvgIpc) is 2.86. The fourth-order valence-electron chi connectivity index (χ4n) is 2.31. The Morgan fingerprint density at radius 1 is 1.14 bits per heavy atom. The van der Waals surface area contributed by atoms with Crippen LogP contribution in [-0.2, 0) is 11.3 Å². The van der Waals surface area contributed by atoms with Gasteiger partial charge >= 0.3 is 0 Å². The lowest BCUT2D eigenvalue weighted by atomic mass is 10.3. The first kappa shape index (κ1) is 14.7. The molecule has 0 saturated heterocycles. The molecule has 2 aromatic carbocycles. The molecule has 1 heterocycles. The molecule has 3 rings (SSSR count). The summed E-state index contributed by atoms with van der Waals surface area (Å²) < 4.78 is 1.97. The number of para-hydroxylation sites is 3.